The molecule has 0 saturated carbocycles. The van der Waals surface area contributed by atoms with Crippen molar-refractivity contribution in [1.82, 2.24) is 15.3 Å². The fraction of sp³-hybridized carbons (Fsp3) is 0.294. The van der Waals surface area contributed by atoms with E-state index in [4.69, 9.17) is 5.73 Å². The number of carbonyl (C=O) groups is 2. The number of carbonyl (C=O) groups excluding carboxylic acids is 2. The maximum atomic E-state index is 12.5. The zero-order valence-corrected chi connectivity index (χ0v) is 13.0. The van der Waals surface area contributed by atoms with Crippen LogP contribution in [0, 0.1) is 12.8 Å². The molecule has 1 aromatic carbocycles. The van der Waals surface area contributed by atoms with Crippen molar-refractivity contribution in [3.05, 3.63) is 58.7 Å². The number of rotatable bonds is 3. The Hall–Kier alpha value is -2.76. The van der Waals surface area contributed by atoms with Crippen molar-refractivity contribution >= 4 is 11.8 Å². The molecule has 0 spiro atoms. The summed E-state index contributed by atoms with van der Waals surface area (Å²) in [6, 6.07) is 6.16. The molecule has 0 saturated heterocycles. The molecule has 3 rings (SSSR count). The summed E-state index contributed by atoms with van der Waals surface area (Å²) in [5, 5.41) is 2.97. The van der Waals surface area contributed by atoms with Crippen LogP contribution in [0.15, 0.2) is 30.6 Å². The van der Waals surface area contributed by atoms with Gasteiger partial charge >= 0.3 is 0 Å². The average Bonchev–Trinajstić information content (AvgIpc) is 2.83. The van der Waals surface area contributed by atoms with E-state index in [1.54, 1.807) is 0 Å². The van der Waals surface area contributed by atoms with Crippen molar-refractivity contribution in [2.24, 2.45) is 11.7 Å². The number of benzene rings is 1. The number of nitrogens with zero attached hydrogens (tertiary/aromatic N) is 2. The van der Waals surface area contributed by atoms with E-state index in [1.807, 2.05) is 6.92 Å². The third kappa shape index (κ3) is 2.79. The number of amides is 2. The number of hydrogen-bond donors (Lipinski definition) is 2. The first-order chi connectivity index (χ1) is 11.0. The van der Waals surface area contributed by atoms with Gasteiger partial charge in [-0.25, -0.2) is 9.97 Å². The number of aromatic nitrogens is 2. The Kier molecular flexibility index (Phi) is 3.82. The van der Waals surface area contributed by atoms with E-state index in [0.29, 0.717) is 0 Å². The Morgan fingerprint density at radius 2 is 1.91 bits per heavy atom. The lowest BCUT2D eigenvalue weighted by Gasteiger charge is -2.19. The third-order valence-corrected chi connectivity index (χ3v) is 4.18. The van der Waals surface area contributed by atoms with Gasteiger partial charge in [-0.2, -0.15) is 0 Å². The topological polar surface area (TPSA) is 98.0 Å². The molecule has 0 aliphatic heterocycles. The van der Waals surface area contributed by atoms with Crippen LogP contribution in [0.4, 0.5) is 0 Å². The van der Waals surface area contributed by atoms with Crippen LogP contribution in [0.25, 0.3) is 0 Å². The van der Waals surface area contributed by atoms with Gasteiger partial charge in [-0.3, -0.25) is 9.59 Å². The smallest absolute Gasteiger partial charge is 0.272 e. The number of nitrogens with one attached hydrogen (secondary N) is 1. The summed E-state index contributed by atoms with van der Waals surface area (Å²) in [5.41, 5.74) is 8.62. The summed E-state index contributed by atoms with van der Waals surface area (Å²) in [4.78, 5) is 31.8. The molecule has 1 heterocycles. The molecule has 2 atom stereocenters. The van der Waals surface area contributed by atoms with Crippen molar-refractivity contribution in [2.75, 3.05) is 0 Å². The number of fused-ring (bicyclic) bond motifs is 1. The summed E-state index contributed by atoms with van der Waals surface area (Å²) < 4.78 is 0. The molecule has 0 bridgehead atoms. The molecule has 2 unspecified atom stereocenters. The fourth-order valence-electron chi connectivity index (χ4n) is 3.08. The van der Waals surface area contributed by atoms with Gasteiger partial charge in [0.05, 0.1) is 6.04 Å². The Bertz CT molecular complexity index is 788. The summed E-state index contributed by atoms with van der Waals surface area (Å²) in [6.07, 6.45) is 3.62. The van der Waals surface area contributed by atoms with Crippen LogP contribution in [0.3, 0.4) is 0 Å². The zero-order valence-electron chi connectivity index (χ0n) is 13.0. The molecule has 1 aliphatic carbocycles. The molecule has 0 fully saturated rings. The molecule has 1 aliphatic rings. The van der Waals surface area contributed by atoms with Crippen molar-refractivity contribution in [3.8, 4) is 0 Å². The quantitative estimate of drug-likeness (QED) is 0.898. The van der Waals surface area contributed by atoms with Crippen LogP contribution in [-0.2, 0) is 6.42 Å². The highest BCUT2D eigenvalue weighted by Crippen LogP contribution is 2.36. The first-order valence-electron chi connectivity index (χ1n) is 7.48. The van der Waals surface area contributed by atoms with E-state index in [9.17, 15) is 9.59 Å². The maximum absolute atomic E-state index is 12.5. The molecule has 118 valence electrons. The van der Waals surface area contributed by atoms with Crippen LogP contribution in [-0.4, -0.2) is 21.8 Å². The van der Waals surface area contributed by atoms with Crippen molar-refractivity contribution in [2.45, 2.75) is 26.3 Å². The average molecular weight is 310 g/mol. The third-order valence-electron chi connectivity index (χ3n) is 4.18. The number of hydrogen-bond acceptors (Lipinski definition) is 4. The summed E-state index contributed by atoms with van der Waals surface area (Å²) in [5.74, 6) is -0.929. The van der Waals surface area contributed by atoms with Gasteiger partial charge < -0.3 is 11.1 Å². The van der Waals surface area contributed by atoms with Crippen LogP contribution < -0.4 is 11.1 Å². The minimum atomic E-state index is -0.765. The van der Waals surface area contributed by atoms with E-state index in [0.717, 1.165) is 17.5 Å². The van der Waals surface area contributed by atoms with E-state index >= 15 is 0 Å². The first kappa shape index (κ1) is 15.1. The van der Waals surface area contributed by atoms with Crippen LogP contribution in [0.5, 0.6) is 0 Å². The molecule has 6 nitrogen and oxygen atoms in total. The Morgan fingerprint density at radius 3 is 2.61 bits per heavy atom. The van der Waals surface area contributed by atoms with Gasteiger partial charge in [0.15, 0.2) is 11.4 Å². The van der Waals surface area contributed by atoms with E-state index in [1.165, 1.54) is 18.0 Å². The Morgan fingerprint density at radius 1 is 1.22 bits per heavy atom. The highest BCUT2D eigenvalue weighted by molar-refractivity contribution is 6.04. The second-order valence-electron chi connectivity index (χ2n) is 5.95. The first-order valence-corrected chi connectivity index (χ1v) is 7.48. The lowest BCUT2D eigenvalue weighted by atomic mass is 10.0. The second-order valence-corrected chi connectivity index (χ2v) is 5.95. The molecule has 1 aromatic heterocycles. The van der Waals surface area contributed by atoms with Crippen LogP contribution in [0.1, 0.15) is 50.6 Å². The lowest BCUT2D eigenvalue weighted by molar-refractivity contribution is 0.0906. The summed E-state index contributed by atoms with van der Waals surface area (Å²) in [6.45, 7) is 4.11. The van der Waals surface area contributed by atoms with Crippen molar-refractivity contribution in [3.63, 3.8) is 0 Å². The molecule has 2 amide bonds. The van der Waals surface area contributed by atoms with Crippen LogP contribution >= 0.6 is 0 Å². The van der Waals surface area contributed by atoms with Gasteiger partial charge in [0.1, 0.15) is 0 Å². The highest BCUT2D eigenvalue weighted by atomic mass is 16.2. The summed E-state index contributed by atoms with van der Waals surface area (Å²) >= 11 is 0. The number of aryl methyl sites for hydroxylation is 1. The van der Waals surface area contributed by atoms with E-state index in [-0.39, 0.29) is 23.3 Å². The SMILES string of the molecule is Cc1ccc2c(c1)C(NC(=O)c1nccnc1C(N)=O)C(C)C2. The molecule has 3 N–H and O–H groups in total. The number of nitrogens with two attached hydrogens (primary N) is 1. The predicted molar refractivity (Wildman–Crippen MR) is 84.8 cm³/mol. The van der Waals surface area contributed by atoms with Gasteiger partial charge in [-0.15, -0.1) is 0 Å². The monoisotopic (exact) mass is 310 g/mol. The Balaban J connectivity index is 1.90. The lowest BCUT2D eigenvalue weighted by Crippen LogP contribution is -2.33. The minimum Gasteiger partial charge on any atom is -0.364 e. The minimum absolute atomic E-state index is 0.0340. The normalized spacial score (nSPS) is 19.2. The van der Waals surface area contributed by atoms with Gasteiger partial charge in [0, 0.05) is 12.4 Å². The Labute approximate surface area is 134 Å². The molecule has 23 heavy (non-hydrogen) atoms. The van der Waals surface area contributed by atoms with Gasteiger partial charge in [-0.1, -0.05) is 30.7 Å². The maximum Gasteiger partial charge on any atom is 0.272 e. The van der Waals surface area contributed by atoms with Crippen molar-refractivity contribution < 1.29 is 9.59 Å². The van der Waals surface area contributed by atoms with E-state index < -0.39 is 11.8 Å². The molecule has 6 heteroatoms. The zero-order chi connectivity index (χ0) is 16.6. The molecule has 0 radical (unpaired) electrons. The second kappa shape index (κ2) is 5.79. The largest absolute Gasteiger partial charge is 0.364 e. The van der Waals surface area contributed by atoms with E-state index in [2.05, 4.69) is 40.4 Å². The summed E-state index contributed by atoms with van der Waals surface area (Å²) in [7, 11) is 0. The molecular weight excluding hydrogens is 292 g/mol. The highest BCUT2D eigenvalue weighted by Gasteiger charge is 2.32. The predicted octanol–water partition coefficient (Wildman–Crippen LogP) is 1.55. The fourth-order valence-corrected chi connectivity index (χ4v) is 3.08. The number of primary amides is 1. The standard InChI is InChI=1S/C17H18N4O2/c1-9-3-4-11-8-10(2)13(12(11)7-9)21-17(23)15-14(16(18)22)19-5-6-20-15/h3-7,10,13H,8H2,1-2H3,(H2,18,22)(H,21,23). The molecule has 2 aromatic rings. The van der Waals surface area contributed by atoms with Gasteiger partial charge in [0.2, 0.25) is 0 Å². The van der Waals surface area contributed by atoms with Crippen LogP contribution in [0.2, 0.25) is 0 Å². The van der Waals surface area contributed by atoms with Crippen molar-refractivity contribution in [1.29, 1.82) is 0 Å². The van der Waals surface area contributed by atoms with Gasteiger partial charge in [-0.05, 0) is 30.4 Å². The van der Waals surface area contributed by atoms with Gasteiger partial charge in [0.25, 0.3) is 11.8 Å². The molecular formula is C17H18N4O2.